The maximum atomic E-state index is 5.72. The first-order valence-electron chi connectivity index (χ1n) is 10.8. The van der Waals surface area contributed by atoms with Crippen molar-refractivity contribution in [2.24, 2.45) is 0 Å². The molecule has 0 amide bonds. The first kappa shape index (κ1) is 20.0. The van der Waals surface area contributed by atoms with Gasteiger partial charge in [-0.25, -0.2) is 0 Å². The maximum Gasteiger partial charge on any atom is 0.142 e. The molecule has 0 radical (unpaired) electrons. The van der Waals surface area contributed by atoms with Gasteiger partial charge in [0, 0.05) is 45.0 Å². The minimum atomic E-state index is 0.813. The largest absolute Gasteiger partial charge is 0.495 e. The Balaban J connectivity index is 1.44. The number of morpholine rings is 1. The number of hydrogen-bond donors (Lipinski definition) is 0. The molecule has 0 bridgehead atoms. The number of anilines is 2. The molecule has 29 heavy (non-hydrogen) atoms. The quantitative estimate of drug-likeness (QED) is 0.712. The van der Waals surface area contributed by atoms with E-state index in [1.807, 2.05) is 0 Å². The van der Waals surface area contributed by atoms with Gasteiger partial charge in [-0.3, -0.25) is 4.90 Å². The van der Waals surface area contributed by atoms with Gasteiger partial charge in [0.1, 0.15) is 5.75 Å². The summed E-state index contributed by atoms with van der Waals surface area (Å²) in [7, 11) is 3.97. The van der Waals surface area contributed by atoms with E-state index in [2.05, 4.69) is 64.2 Å². The van der Waals surface area contributed by atoms with Crippen molar-refractivity contribution in [3.8, 4) is 5.75 Å². The molecule has 0 aliphatic carbocycles. The molecule has 4 rings (SSSR count). The summed E-state index contributed by atoms with van der Waals surface area (Å²) in [6.07, 6.45) is 2.55. The fraction of sp³-hybridized carbons (Fsp3) is 0.500. The van der Waals surface area contributed by atoms with Crippen LogP contribution in [0.15, 0.2) is 42.5 Å². The molecule has 2 saturated heterocycles. The van der Waals surface area contributed by atoms with Crippen LogP contribution in [0.4, 0.5) is 11.4 Å². The summed E-state index contributed by atoms with van der Waals surface area (Å²) >= 11 is 0. The standard InChI is InChI=1S/C24H33N3O2/c1-25(19-21-7-3-4-8-22(21)27-13-15-29-16-14-27)18-20-9-10-23(24(17-20)28-2)26-11-5-6-12-26/h3-4,7-10,17H,5-6,11-16,18-19H2,1-2H3. The molecule has 0 saturated carbocycles. The lowest BCUT2D eigenvalue weighted by Crippen LogP contribution is -2.37. The van der Waals surface area contributed by atoms with Crippen molar-refractivity contribution in [2.75, 3.05) is 63.4 Å². The van der Waals surface area contributed by atoms with E-state index in [9.17, 15) is 0 Å². The molecule has 2 fully saturated rings. The van der Waals surface area contributed by atoms with E-state index in [1.54, 1.807) is 7.11 Å². The van der Waals surface area contributed by atoms with Gasteiger partial charge >= 0.3 is 0 Å². The topological polar surface area (TPSA) is 28.2 Å². The van der Waals surface area contributed by atoms with Gasteiger partial charge in [0.25, 0.3) is 0 Å². The van der Waals surface area contributed by atoms with E-state index in [0.29, 0.717) is 0 Å². The van der Waals surface area contributed by atoms with Crippen molar-refractivity contribution in [1.29, 1.82) is 0 Å². The lowest BCUT2D eigenvalue weighted by molar-refractivity contribution is 0.122. The highest BCUT2D eigenvalue weighted by Gasteiger charge is 2.18. The summed E-state index contributed by atoms with van der Waals surface area (Å²) in [6, 6.07) is 15.4. The molecule has 156 valence electrons. The lowest BCUT2D eigenvalue weighted by Gasteiger charge is -2.31. The molecule has 0 aromatic heterocycles. The lowest BCUT2D eigenvalue weighted by atomic mass is 10.1. The van der Waals surface area contributed by atoms with E-state index < -0.39 is 0 Å². The van der Waals surface area contributed by atoms with E-state index in [4.69, 9.17) is 9.47 Å². The van der Waals surface area contributed by atoms with Gasteiger partial charge in [0.2, 0.25) is 0 Å². The van der Waals surface area contributed by atoms with Gasteiger partial charge in [0.15, 0.2) is 0 Å². The Kier molecular flexibility index (Phi) is 6.57. The van der Waals surface area contributed by atoms with E-state index in [-0.39, 0.29) is 0 Å². The number of benzene rings is 2. The van der Waals surface area contributed by atoms with Crippen LogP contribution in [0.1, 0.15) is 24.0 Å². The van der Waals surface area contributed by atoms with Crippen molar-refractivity contribution < 1.29 is 9.47 Å². The van der Waals surface area contributed by atoms with E-state index >= 15 is 0 Å². The zero-order valence-corrected chi connectivity index (χ0v) is 17.8. The summed E-state index contributed by atoms with van der Waals surface area (Å²) in [5, 5.41) is 0. The third kappa shape index (κ3) is 4.85. The zero-order chi connectivity index (χ0) is 20.1. The van der Waals surface area contributed by atoms with Crippen LogP contribution in [0.2, 0.25) is 0 Å². The van der Waals surface area contributed by atoms with Gasteiger partial charge in [-0.1, -0.05) is 24.3 Å². The number of ether oxygens (including phenoxy) is 2. The van der Waals surface area contributed by atoms with Gasteiger partial charge < -0.3 is 19.3 Å². The number of hydrogen-bond acceptors (Lipinski definition) is 5. The number of para-hydroxylation sites is 1. The average Bonchev–Trinajstić information content (AvgIpc) is 3.29. The van der Waals surface area contributed by atoms with Crippen LogP contribution in [-0.4, -0.2) is 58.5 Å². The molecule has 2 aliphatic heterocycles. The molecular formula is C24H33N3O2. The average molecular weight is 396 g/mol. The summed E-state index contributed by atoms with van der Waals surface area (Å²) in [5.41, 5.74) is 5.23. The van der Waals surface area contributed by atoms with Crippen molar-refractivity contribution in [3.05, 3.63) is 53.6 Å². The summed E-state index contributed by atoms with van der Waals surface area (Å²) in [5.74, 6) is 0.992. The Morgan fingerprint density at radius 3 is 2.38 bits per heavy atom. The summed E-state index contributed by atoms with van der Waals surface area (Å²) in [6.45, 7) is 7.64. The zero-order valence-electron chi connectivity index (χ0n) is 17.8. The molecule has 0 unspecified atom stereocenters. The molecule has 2 aliphatic rings. The number of nitrogens with zero attached hydrogens (tertiary/aromatic N) is 3. The molecule has 2 aromatic rings. The highest BCUT2D eigenvalue weighted by Crippen LogP contribution is 2.32. The molecule has 5 nitrogen and oxygen atoms in total. The molecule has 0 N–H and O–H groups in total. The molecule has 5 heteroatoms. The second-order valence-corrected chi connectivity index (χ2v) is 8.10. The Bertz CT molecular complexity index is 798. The molecule has 0 atom stereocenters. The van der Waals surface area contributed by atoms with Crippen LogP contribution in [0.3, 0.4) is 0 Å². The van der Waals surface area contributed by atoms with Crippen LogP contribution < -0.4 is 14.5 Å². The third-order valence-electron chi connectivity index (χ3n) is 5.93. The van der Waals surface area contributed by atoms with Crippen molar-refractivity contribution in [1.82, 2.24) is 4.90 Å². The minimum Gasteiger partial charge on any atom is -0.495 e. The van der Waals surface area contributed by atoms with Crippen LogP contribution in [0, 0.1) is 0 Å². The van der Waals surface area contributed by atoms with E-state index in [0.717, 1.165) is 58.2 Å². The highest BCUT2D eigenvalue weighted by molar-refractivity contribution is 5.60. The molecule has 0 spiro atoms. The SMILES string of the molecule is COc1cc(CN(C)Cc2ccccc2N2CCOCC2)ccc1N1CCCC1. The van der Waals surface area contributed by atoms with Crippen LogP contribution in [-0.2, 0) is 17.8 Å². The highest BCUT2D eigenvalue weighted by atomic mass is 16.5. The Morgan fingerprint density at radius 2 is 1.62 bits per heavy atom. The second-order valence-electron chi connectivity index (χ2n) is 8.10. The maximum absolute atomic E-state index is 5.72. The van der Waals surface area contributed by atoms with Crippen LogP contribution in [0.25, 0.3) is 0 Å². The van der Waals surface area contributed by atoms with Gasteiger partial charge in [0.05, 0.1) is 26.0 Å². The smallest absolute Gasteiger partial charge is 0.142 e. The number of methoxy groups -OCH3 is 1. The van der Waals surface area contributed by atoms with Crippen LogP contribution >= 0.6 is 0 Å². The number of rotatable bonds is 7. The van der Waals surface area contributed by atoms with E-state index in [1.165, 1.54) is 35.3 Å². The van der Waals surface area contributed by atoms with Gasteiger partial charge in [-0.15, -0.1) is 0 Å². The van der Waals surface area contributed by atoms with Crippen molar-refractivity contribution in [2.45, 2.75) is 25.9 Å². The Hall–Kier alpha value is -2.24. The monoisotopic (exact) mass is 395 g/mol. The normalized spacial score (nSPS) is 17.2. The second kappa shape index (κ2) is 9.51. The Labute approximate surface area is 174 Å². The van der Waals surface area contributed by atoms with Gasteiger partial charge in [-0.05, 0) is 49.2 Å². The third-order valence-corrected chi connectivity index (χ3v) is 5.93. The minimum absolute atomic E-state index is 0.813. The van der Waals surface area contributed by atoms with Crippen LogP contribution in [0.5, 0.6) is 5.75 Å². The van der Waals surface area contributed by atoms with Crippen molar-refractivity contribution in [3.63, 3.8) is 0 Å². The molecule has 2 aromatic carbocycles. The fourth-order valence-electron chi connectivity index (χ4n) is 4.46. The fourth-order valence-corrected chi connectivity index (χ4v) is 4.46. The molecule has 2 heterocycles. The summed E-state index contributed by atoms with van der Waals surface area (Å²) < 4.78 is 11.2. The molecular weight excluding hydrogens is 362 g/mol. The predicted molar refractivity (Wildman–Crippen MR) is 119 cm³/mol. The first-order valence-corrected chi connectivity index (χ1v) is 10.8. The predicted octanol–water partition coefficient (Wildman–Crippen LogP) is 3.76. The van der Waals surface area contributed by atoms with Crippen molar-refractivity contribution >= 4 is 11.4 Å². The van der Waals surface area contributed by atoms with Gasteiger partial charge in [-0.2, -0.15) is 0 Å². The summed E-state index contributed by atoms with van der Waals surface area (Å²) in [4.78, 5) is 7.26. The first-order chi connectivity index (χ1) is 14.2. The Morgan fingerprint density at radius 1 is 0.897 bits per heavy atom.